The van der Waals surface area contributed by atoms with Crippen LogP contribution in [0.4, 0.5) is 0 Å². The van der Waals surface area contributed by atoms with Crippen molar-refractivity contribution in [3.05, 3.63) is 24.3 Å². The Morgan fingerprint density at radius 3 is 1.35 bits per heavy atom. The van der Waals surface area contributed by atoms with Crippen LogP contribution in [0.1, 0.15) is 122 Å². The predicted molar refractivity (Wildman–Crippen MR) is 115 cm³/mol. The third-order valence-corrected chi connectivity index (χ3v) is 4.82. The summed E-state index contributed by atoms with van der Waals surface area (Å²) in [5.41, 5.74) is 0. The molecule has 1 N–H and O–H groups in total. The standard InChI is InChI=1S/C24H44O2/c1-2-3-4-5-6-7-8-9-10-11-12-13-14-15-16-17-18-19-20-21-22-23-24(25)26/h13-14,20-21H,2-12,15-19,22-23H2,1H3,(H,25,26)/b14-13+,21-20+. The maximum atomic E-state index is 10.4. The molecule has 0 heterocycles. The number of carboxylic acids is 1. The molecule has 0 aliphatic rings. The van der Waals surface area contributed by atoms with Crippen LogP contribution < -0.4 is 0 Å². The first-order valence-corrected chi connectivity index (χ1v) is 11.3. The fourth-order valence-electron chi connectivity index (χ4n) is 3.13. The first kappa shape index (κ1) is 24.9. The van der Waals surface area contributed by atoms with Crippen molar-refractivity contribution in [2.45, 2.75) is 122 Å². The van der Waals surface area contributed by atoms with E-state index in [1.54, 1.807) is 0 Å². The summed E-state index contributed by atoms with van der Waals surface area (Å²) in [5.74, 6) is -0.709. The molecule has 0 saturated carbocycles. The molecule has 2 nitrogen and oxygen atoms in total. The molecule has 0 aromatic rings. The fourth-order valence-corrected chi connectivity index (χ4v) is 3.13. The zero-order chi connectivity index (χ0) is 19.1. The van der Waals surface area contributed by atoms with Crippen LogP contribution in [0.3, 0.4) is 0 Å². The average Bonchev–Trinajstić information content (AvgIpc) is 2.62. The Labute approximate surface area is 163 Å². The van der Waals surface area contributed by atoms with E-state index in [1.165, 1.54) is 96.3 Å². The SMILES string of the molecule is CCCCCCCCCCCC/C=C/CCCCC/C=C/CCC(=O)O. The minimum absolute atomic E-state index is 0.250. The largest absolute Gasteiger partial charge is 0.481 e. The maximum absolute atomic E-state index is 10.4. The molecule has 0 radical (unpaired) electrons. The number of unbranched alkanes of at least 4 members (excludes halogenated alkanes) is 14. The molecule has 0 amide bonds. The summed E-state index contributed by atoms with van der Waals surface area (Å²) in [6.45, 7) is 2.28. The highest BCUT2D eigenvalue weighted by Crippen LogP contribution is 2.12. The van der Waals surface area contributed by atoms with Gasteiger partial charge in [0.05, 0.1) is 0 Å². The summed E-state index contributed by atoms with van der Waals surface area (Å²) in [6, 6.07) is 0. The van der Waals surface area contributed by atoms with Gasteiger partial charge in [0, 0.05) is 6.42 Å². The van der Waals surface area contributed by atoms with Crippen molar-refractivity contribution >= 4 is 5.97 Å². The molecule has 0 fully saturated rings. The van der Waals surface area contributed by atoms with Crippen LogP contribution in [0.15, 0.2) is 24.3 Å². The molecule has 0 aliphatic carbocycles. The minimum atomic E-state index is -0.709. The Kier molecular flexibility index (Phi) is 21.1. The van der Waals surface area contributed by atoms with E-state index in [9.17, 15) is 4.79 Å². The summed E-state index contributed by atoms with van der Waals surface area (Å²) in [4.78, 5) is 10.4. The Hall–Kier alpha value is -1.05. The number of carboxylic acid groups (broad SMARTS) is 1. The van der Waals surface area contributed by atoms with Crippen LogP contribution >= 0.6 is 0 Å². The number of carbonyl (C=O) groups is 1. The van der Waals surface area contributed by atoms with Crippen molar-refractivity contribution < 1.29 is 9.90 Å². The second kappa shape index (κ2) is 22.0. The summed E-state index contributed by atoms with van der Waals surface area (Å²) < 4.78 is 0. The molecule has 2 heteroatoms. The van der Waals surface area contributed by atoms with Gasteiger partial charge in [-0.15, -0.1) is 0 Å². The molecule has 0 rings (SSSR count). The van der Waals surface area contributed by atoms with Gasteiger partial charge in [-0.1, -0.05) is 95.4 Å². The van der Waals surface area contributed by atoms with E-state index in [0.29, 0.717) is 6.42 Å². The van der Waals surface area contributed by atoms with E-state index in [1.807, 2.05) is 6.08 Å². The monoisotopic (exact) mass is 364 g/mol. The zero-order valence-corrected chi connectivity index (χ0v) is 17.4. The molecule has 0 unspecified atom stereocenters. The van der Waals surface area contributed by atoms with Crippen molar-refractivity contribution in [2.24, 2.45) is 0 Å². The quantitative estimate of drug-likeness (QED) is 0.174. The highest BCUT2D eigenvalue weighted by atomic mass is 16.4. The minimum Gasteiger partial charge on any atom is -0.481 e. The molecule has 0 bridgehead atoms. The van der Waals surface area contributed by atoms with Crippen LogP contribution in [0.25, 0.3) is 0 Å². The molecule has 0 aliphatic heterocycles. The molecule has 26 heavy (non-hydrogen) atoms. The molecule has 152 valence electrons. The van der Waals surface area contributed by atoms with E-state index in [2.05, 4.69) is 25.2 Å². The lowest BCUT2D eigenvalue weighted by Crippen LogP contribution is -1.91. The fraction of sp³-hybridized carbons (Fsp3) is 0.792. The topological polar surface area (TPSA) is 37.3 Å². The number of allylic oxidation sites excluding steroid dienone is 4. The first-order valence-electron chi connectivity index (χ1n) is 11.3. The molecule has 0 aromatic heterocycles. The highest BCUT2D eigenvalue weighted by molar-refractivity contribution is 5.66. The van der Waals surface area contributed by atoms with Gasteiger partial charge >= 0.3 is 5.97 Å². The molecule has 0 atom stereocenters. The average molecular weight is 365 g/mol. The van der Waals surface area contributed by atoms with E-state index >= 15 is 0 Å². The van der Waals surface area contributed by atoms with Gasteiger partial charge in [0.1, 0.15) is 0 Å². The van der Waals surface area contributed by atoms with Gasteiger partial charge in [-0.05, 0) is 44.9 Å². The van der Waals surface area contributed by atoms with Crippen LogP contribution in [0.2, 0.25) is 0 Å². The summed E-state index contributed by atoms with van der Waals surface area (Å²) in [7, 11) is 0. The molecular formula is C24H44O2. The molecular weight excluding hydrogens is 320 g/mol. The van der Waals surface area contributed by atoms with Gasteiger partial charge in [-0.2, -0.15) is 0 Å². The first-order chi connectivity index (χ1) is 12.8. The van der Waals surface area contributed by atoms with Crippen molar-refractivity contribution in [3.63, 3.8) is 0 Å². The summed E-state index contributed by atoms with van der Waals surface area (Å²) >= 11 is 0. The van der Waals surface area contributed by atoms with E-state index in [4.69, 9.17) is 5.11 Å². The van der Waals surface area contributed by atoms with E-state index in [0.717, 1.165) is 6.42 Å². The van der Waals surface area contributed by atoms with Crippen LogP contribution in [0, 0.1) is 0 Å². The van der Waals surface area contributed by atoms with Crippen LogP contribution in [-0.4, -0.2) is 11.1 Å². The van der Waals surface area contributed by atoms with Crippen LogP contribution in [0.5, 0.6) is 0 Å². The second-order valence-electron chi connectivity index (χ2n) is 7.48. The van der Waals surface area contributed by atoms with Crippen molar-refractivity contribution in [1.29, 1.82) is 0 Å². The van der Waals surface area contributed by atoms with E-state index in [-0.39, 0.29) is 6.42 Å². The predicted octanol–water partition coefficient (Wildman–Crippen LogP) is 8.23. The number of hydrogen-bond acceptors (Lipinski definition) is 1. The summed E-state index contributed by atoms with van der Waals surface area (Å²) in [6.07, 6.45) is 31.2. The Bertz CT molecular complexity index is 344. The Morgan fingerprint density at radius 2 is 0.923 bits per heavy atom. The van der Waals surface area contributed by atoms with Gasteiger partial charge in [-0.25, -0.2) is 0 Å². The lowest BCUT2D eigenvalue weighted by Gasteiger charge is -2.01. The Balaban J connectivity index is 3.14. The van der Waals surface area contributed by atoms with Crippen molar-refractivity contribution in [2.75, 3.05) is 0 Å². The number of hydrogen-bond donors (Lipinski definition) is 1. The molecule has 0 aromatic carbocycles. The van der Waals surface area contributed by atoms with Gasteiger partial charge in [-0.3, -0.25) is 4.79 Å². The third-order valence-electron chi connectivity index (χ3n) is 4.82. The van der Waals surface area contributed by atoms with Gasteiger partial charge in [0.25, 0.3) is 0 Å². The smallest absolute Gasteiger partial charge is 0.303 e. The van der Waals surface area contributed by atoms with Gasteiger partial charge in [0.15, 0.2) is 0 Å². The third kappa shape index (κ3) is 22.9. The zero-order valence-electron chi connectivity index (χ0n) is 17.4. The van der Waals surface area contributed by atoms with E-state index < -0.39 is 5.97 Å². The van der Waals surface area contributed by atoms with Gasteiger partial charge < -0.3 is 5.11 Å². The second-order valence-corrected chi connectivity index (χ2v) is 7.48. The molecule has 0 saturated heterocycles. The number of rotatable bonds is 20. The number of aliphatic carboxylic acids is 1. The molecule has 0 spiro atoms. The van der Waals surface area contributed by atoms with Crippen LogP contribution in [-0.2, 0) is 4.79 Å². The highest BCUT2D eigenvalue weighted by Gasteiger charge is 1.93. The van der Waals surface area contributed by atoms with Gasteiger partial charge in [0.2, 0.25) is 0 Å². The lowest BCUT2D eigenvalue weighted by atomic mass is 10.1. The normalized spacial score (nSPS) is 11.7. The maximum Gasteiger partial charge on any atom is 0.303 e. The Morgan fingerprint density at radius 1 is 0.577 bits per heavy atom. The van der Waals surface area contributed by atoms with Crippen molar-refractivity contribution in [1.82, 2.24) is 0 Å². The van der Waals surface area contributed by atoms with Crippen molar-refractivity contribution in [3.8, 4) is 0 Å². The summed E-state index contributed by atoms with van der Waals surface area (Å²) in [5, 5.41) is 8.53. The lowest BCUT2D eigenvalue weighted by molar-refractivity contribution is -0.136.